The maximum Gasteiger partial charge on any atom is 0.231 e. The quantitative estimate of drug-likeness (QED) is 0.743. The van der Waals surface area contributed by atoms with Crippen molar-refractivity contribution >= 4 is 5.91 Å². The zero-order chi connectivity index (χ0) is 19.6. The normalized spacial score (nSPS) is 24.8. The van der Waals surface area contributed by atoms with E-state index < -0.39 is 0 Å². The summed E-state index contributed by atoms with van der Waals surface area (Å²) < 4.78 is 21.8. The van der Waals surface area contributed by atoms with Crippen LogP contribution >= 0.6 is 0 Å². The summed E-state index contributed by atoms with van der Waals surface area (Å²) in [5.74, 6) is 2.63. The fourth-order valence-electron chi connectivity index (χ4n) is 4.81. The van der Waals surface area contributed by atoms with Crippen molar-refractivity contribution in [2.24, 2.45) is 5.41 Å². The molecule has 0 N–H and O–H groups in total. The molecule has 3 aliphatic rings. The van der Waals surface area contributed by atoms with Gasteiger partial charge >= 0.3 is 0 Å². The first-order valence-electron chi connectivity index (χ1n) is 10.1. The van der Waals surface area contributed by atoms with Gasteiger partial charge in [0.2, 0.25) is 12.7 Å². The van der Waals surface area contributed by atoms with Gasteiger partial charge in [-0.05, 0) is 31.9 Å². The van der Waals surface area contributed by atoms with Gasteiger partial charge in [0.05, 0.1) is 13.7 Å². The molecule has 0 saturated carbocycles. The number of rotatable bonds is 6. The maximum absolute atomic E-state index is 12.3. The fourth-order valence-corrected chi connectivity index (χ4v) is 4.81. The molecule has 2 fully saturated rings. The molecule has 0 aliphatic carbocycles. The molecule has 154 valence electrons. The fraction of sp³-hybridized carbons (Fsp3) is 0.667. The number of carbonyl (C=O) groups is 1. The van der Waals surface area contributed by atoms with E-state index in [1.165, 1.54) is 6.42 Å². The van der Waals surface area contributed by atoms with E-state index in [9.17, 15) is 4.79 Å². The van der Waals surface area contributed by atoms with Crippen molar-refractivity contribution < 1.29 is 23.7 Å². The van der Waals surface area contributed by atoms with Crippen LogP contribution in [0.5, 0.6) is 17.2 Å². The van der Waals surface area contributed by atoms with E-state index in [1.807, 2.05) is 17.0 Å². The van der Waals surface area contributed by atoms with Gasteiger partial charge in [-0.1, -0.05) is 0 Å². The average Bonchev–Trinajstić information content (AvgIpc) is 3.16. The van der Waals surface area contributed by atoms with Crippen LogP contribution in [0, 0.1) is 5.41 Å². The SMILES string of the molecule is COCCN1C[C@]2(CCCN(Cc3cc4c(cc3OC)OCO4)C2)CCC1=O. The van der Waals surface area contributed by atoms with Crippen molar-refractivity contribution in [1.29, 1.82) is 0 Å². The van der Waals surface area contributed by atoms with E-state index in [-0.39, 0.29) is 18.1 Å². The third-order valence-corrected chi connectivity index (χ3v) is 6.22. The Morgan fingerprint density at radius 1 is 1.14 bits per heavy atom. The topological polar surface area (TPSA) is 60.5 Å². The lowest BCUT2D eigenvalue weighted by Gasteiger charge is -2.48. The summed E-state index contributed by atoms with van der Waals surface area (Å²) in [7, 11) is 3.38. The predicted molar refractivity (Wildman–Crippen MR) is 104 cm³/mol. The number of fused-ring (bicyclic) bond motifs is 1. The van der Waals surface area contributed by atoms with Crippen molar-refractivity contribution in [3.63, 3.8) is 0 Å². The standard InChI is InChI=1S/C21H30N2O5/c1-25-9-8-23-14-21(6-4-20(23)24)5-3-7-22(13-21)12-16-10-18-19(28-15-27-18)11-17(16)26-2/h10-11H,3-9,12-15H2,1-2H3/t21-/m1/s1. The molecule has 28 heavy (non-hydrogen) atoms. The smallest absolute Gasteiger partial charge is 0.231 e. The summed E-state index contributed by atoms with van der Waals surface area (Å²) in [6.07, 6.45) is 3.95. The molecule has 7 heteroatoms. The molecule has 3 aliphatic heterocycles. The van der Waals surface area contributed by atoms with Crippen molar-refractivity contribution in [2.75, 3.05) is 53.8 Å². The molecule has 1 amide bonds. The van der Waals surface area contributed by atoms with Gasteiger partial charge in [-0.3, -0.25) is 9.69 Å². The number of ether oxygens (including phenoxy) is 4. The van der Waals surface area contributed by atoms with Gasteiger partial charge in [-0.25, -0.2) is 0 Å². The van der Waals surface area contributed by atoms with E-state index >= 15 is 0 Å². The van der Waals surface area contributed by atoms with Gasteiger partial charge in [-0.2, -0.15) is 0 Å². The predicted octanol–water partition coefficient (Wildman–Crippen LogP) is 2.27. The Kier molecular flexibility index (Phi) is 5.64. The van der Waals surface area contributed by atoms with Crippen molar-refractivity contribution in [3.8, 4) is 17.2 Å². The average molecular weight is 390 g/mol. The minimum Gasteiger partial charge on any atom is -0.496 e. The van der Waals surface area contributed by atoms with Crippen LogP contribution in [0.4, 0.5) is 0 Å². The van der Waals surface area contributed by atoms with E-state index in [0.717, 1.165) is 61.8 Å². The number of hydrogen-bond donors (Lipinski definition) is 0. The second-order valence-electron chi connectivity index (χ2n) is 8.14. The Labute approximate surface area is 166 Å². The maximum atomic E-state index is 12.3. The van der Waals surface area contributed by atoms with Crippen molar-refractivity contribution in [3.05, 3.63) is 17.7 Å². The molecule has 0 bridgehead atoms. The van der Waals surface area contributed by atoms with Gasteiger partial charge in [0, 0.05) is 56.8 Å². The number of benzene rings is 1. The Morgan fingerprint density at radius 2 is 1.96 bits per heavy atom. The Hall–Kier alpha value is -1.99. The molecule has 0 radical (unpaired) electrons. The number of amides is 1. The monoisotopic (exact) mass is 390 g/mol. The van der Waals surface area contributed by atoms with Crippen LogP contribution in [0.15, 0.2) is 12.1 Å². The lowest BCUT2D eigenvalue weighted by molar-refractivity contribution is -0.140. The molecule has 7 nitrogen and oxygen atoms in total. The highest BCUT2D eigenvalue weighted by Crippen LogP contribution is 2.41. The largest absolute Gasteiger partial charge is 0.496 e. The number of nitrogens with zero attached hydrogens (tertiary/aromatic N) is 2. The zero-order valence-corrected chi connectivity index (χ0v) is 16.9. The third-order valence-electron chi connectivity index (χ3n) is 6.22. The van der Waals surface area contributed by atoms with Gasteiger partial charge in [0.25, 0.3) is 0 Å². The molecule has 2 saturated heterocycles. The van der Waals surface area contributed by atoms with Crippen LogP contribution in [-0.2, 0) is 16.1 Å². The Balaban J connectivity index is 1.46. The van der Waals surface area contributed by atoms with E-state index in [1.54, 1.807) is 14.2 Å². The number of methoxy groups -OCH3 is 2. The van der Waals surface area contributed by atoms with E-state index in [2.05, 4.69) is 4.90 Å². The lowest BCUT2D eigenvalue weighted by atomic mass is 9.73. The van der Waals surface area contributed by atoms with E-state index in [4.69, 9.17) is 18.9 Å². The van der Waals surface area contributed by atoms with Crippen LogP contribution in [0.25, 0.3) is 0 Å². The first-order valence-corrected chi connectivity index (χ1v) is 10.1. The molecular weight excluding hydrogens is 360 g/mol. The number of carbonyl (C=O) groups excluding carboxylic acids is 1. The molecular formula is C21H30N2O5. The van der Waals surface area contributed by atoms with Crippen LogP contribution < -0.4 is 14.2 Å². The van der Waals surface area contributed by atoms with Gasteiger partial charge in [-0.15, -0.1) is 0 Å². The van der Waals surface area contributed by atoms with Crippen molar-refractivity contribution in [1.82, 2.24) is 9.80 Å². The molecule has 1 aromatic rings. The highest BCUT2D eigenvalue weighted by Gasteiger charge is 2.41. The summed E-state index contributed by atoms with van der Waals surface area (Å²) in [5.41, 5.74) is 1.30. The Bertz CT molecular complexity index is 725. The first kappa shape index (κ1) is 19.3. The number of likely N-dealkylation sites (tertiary alicyclic amines) is 2. The summed E-state index contributed by atoms with van der Waals surface area (Å²) in [4.78, 5) is 16.8. The second-order valence-corrected chi connectivity index (χ2v) is 8.14. The summed E-state index contributed by atoms with van der Waals surface area (Å²) >= 11 is 0. The van der Waals surface area contributed by atoms with E-state index in [0.29, 0.717) is 19.6 Å². The minimum atomic E-state index is 0.184. The number of hydrogen-bond acceptors (Lipinski definition) is 6. The van der Waals surface area contributed by atoms with Gasteiger partial charge in [0.1, 0.15) is 5.75 Å². The Morgan fingerprint density at radius 3 is 2.75 bits per heavy atom. The van der Waals surface area contributed by atoms with Gasteiger partial charge in [0.15, 0.2) is 11.5 Å². The molecule has 1 aromatic carbocycles. The molecule has 0 unspecified atom stereocenters. The minimum absolute atomic E-state index is 0.184. The number of piperidine rings is 2. The second kappa shape index (κ2) is 8.17. The first-order chi connectivity index (χ1) is 13.6. The summed E-state index contributed by atoms with van der Waals surface area (Å²) in [5, 5.41) is 0. The van der Waals surface area contributed by atoms with Crippen LogP contribution in [0.1, 0.15) is 31.2 Å². The van der Waals surface area contributed by atoms with Crippen molar-refractivity contribution in [2.45, 2.75) is 32.2 Å². The highest BCUT2D eigenvalue weighted by molar-refractivity contribution is 5.77. The van der Waals surface area contributed by atoms with Crippen LogP contribution in [0.3, 0.4) is 0 Å². The molecule has 3 heterocycles. The lowest BCUT2D eigenvalue weighted by Crippen LogP contribution is -2.54. The molecule has 1 spiro atoms. The summed E-state index contributed by atoms with van der Waals surface area (Å²) in [6, 6.07) is 3.96. The molecule has 4 rings (SSSR count). The zero-order valence-electron chi connectivity index (χ0n) is 16.9. The van der Waals surface area contributed by atoms with Crippen LogP contribution in [-0.4, -0.2) is 69.5 Å². The molecule has 0 aromatic heterocycles. The van der Waals surface area contributed by atoms with Crippen LogP contribution in [0.2, 0.25) is 0 Å². The molecule has 1 atom stereocenters. The van der Waals surface area contributed by atoms with Gasteiger partial charge < -0.3 is 23.8 Å². The highest BCUT2D eigenvalue weighted by atomic mass is 16.7. The summed E-state index contributed by atoms with van der Waals surface area (Å²) in [6.45, 7) is 5.26. The third kappa shape index (κ3) is 3.91.